The van der Waals surface area contributed by atoms with Gasteiger partial charge < -0.3 is 0 Å². The number of benzene rings is 1. The highest BCUT2D eigenvalue weighted by Gasteiger charge is 2.29. The van der Waals surface area contributed by atoms with Crippen molar-refractivity contribution in [1.29, 1.82) is 0 Å². The maximum absolute atomic E-state index is 6.31. The Morgan fingerprint density at radius 3 is 2.52 bits per heavy atom. The van der Waals surface area contributed by atoms with E-state index in [0.717, 1.165) is 62.0 Å². The molecule has 29 heavy (non-hydrogen) atoms. The lowest BCUT2D eigenvalue weighted by Gasteiger charge is -2.40. The zero-order chi connectivity index (χ0) is 21.2. The van der Waals surface area contributed by atoms with Crippen molar-refractivity contribution < 1.29 is 0 Å². The lowest BCUT2D eigenvalue weighted by Crippen LogP contribution is -2.49. The Morgan fingerprint density at radius 2 is 1.97 bits per heavy atom. The summed E-state index contributed by atoms with van der Waals surface area (Å²) in [7, 11) is 0. The number of piperazine rings is 1. The Balaban J connectivity index is 2.32. The van der Waals surface area contributed by atoms with Crippen molar-refractivity contribution in [2.45, 2.75) is 32.7 Å². The minimum Gasteiger partial charge on any atom is -0.295 e. The van der Waals surface area contributed by atoms with E-state index in [1.54, 1.807) is 6.20 Å². The molecule has 0 amide bonds. The van der Waals surface area contributed by atoms with Crippen LogP contribution in [0.15, 0.2) is 65.4 Å². The quantitative estimate of drug-likeness (QED) is 0.486. The van der Waals surface area contributed by atoms with Gasteiger partial charge in [-0.05, 0) is 49.4 Å². The van der Waals surface area contributed by atoms with E-state index < -0.39 is 0 Å². The number of halogens is 1. The molecule has 1 unspecified atom stereocenters. The molecule has 0 radical (unpaired) electrons. The molecule has 1 aliphatic rings. The zero-order valence-electron chi connectivity index (χ0n) is 17.8. The van der Waals surface area contributed by atoms with Gasteiger partial charge in [0.25, 0.3) is 0 Å². The summed E-state index contributed by atoms with van der Waals surface area (Å²) in [6, 6.07) is 6.26. The summed E-state index contributed by atoms with van der Waals surface area (Å²) in [5.74, 6) is 0. The smallest absolute Gasteiger partial charge is 0.0779 e. The second-order valence-corrected chi connectivity index (χ2v) is 7.62. The predicted molar refractivity (Wildman–Crippen MR) is 127 cm³/mol. The largest absolute Gasteiger partial charge is 0.295 e. The Bertz CT molecular complexity index is 773. The van der Waals surface area contributed by atoms with Gasteiger partial charge in [0, 0.05) is 49.6 Å². The Labute approximate surface area is 181 Å². The minimum absolute atomic E-state index is 0.0465. The molecule has 4 nitrogen and oxygen atoms in total. The summed E-state index contributed by atoms with van der Waals surface area (Å²) in [4.78, 5) is 13.6. The van der Waals surface area contributed by atoms with Crippen molar-refractivity contribution in [3.63, 3.8) is 0 Å². The second kappa shape index (κ2) is 11.9. The first-order valence-corrected chi connectivity index (χ1v) is 10.6. The van der Waals surface area contributed by atoms with Crippen molar-refractivity contribution in [2.24, 2.45) is 9.98 Å². The van der Waals surface area contributed by atoms with Crippen LogP contribution in [-0.4, -0.2) is 55.0 Å². The maximum atomic E-state index is 6.31. The van der Waals surface area contributed by atoms with E-state index in [9.17, 15) is 0 Å². The molecule has 2 rings (SSSR count). The van der Waals surface area contributed by atoms with Gasteiger partial charge in [-0.15, -0.1) is 0 Å². The third kappa shape index (κ3) is 6.23. The number of rotatable bonds is 10. The van der Waals surface area contributed by atoms with Crippen molar-refractivity contribution in [3.05, 3.63) is 71.6 Å². The summed E-state index contributed by atoms with van der Waals surface area (Å²) < 4.78 is 0. The monoisotopic (exact) mass is 412 g/mol. The van der Waals surface area contributed by atoms with Gasteiger partial charge in [-0.3, -0.25) is 19.8 Å². The van der Waals surface area contributed by atoms with E-state index in [0.29, 0.717) is 0 Å². The average molecular weight is 413 g/mol. The van der Waals surface area contributed by atoms with E-state index in [4.69, 9.17) is 11.6 Å². The Hall–Kier alpha value is -2.01. The summed E-state index contributed by atoms with van der Waals surface area (Å²) in [5.41, 5.74) is 4.48. The molecular weight excluding hydrogens is 380 g/mol. The van der Waals surface area contributed by atoms with Crippen LogP contribution in [0.25, 0.3) is 0 Å². The average Bonchev–Trinajstić information content (AvgIpc) is 2.74. The fourth-order valence-corrected chi connectivity index (χ4v) is 4.05. The standard InChI is InChI=1S/C24H33ClN4/c1-6-10-19-17-20(25)11-12-22(19)24(23(8-3)27-9-4)29-15-13-28(14-16-29)18-21(7-2)26-5/h7-9,11-12,17,24H,3-6,10,13-16,18H2,1-2H3/b21-7-,27-23?. The lowest BCUT2D eigenvalue weighted by molar-refractivity contribution is 0.124. The highest BCUT2D eigenvalue weighted by atomic mass is 35.5. The summed E-state index contributed by atoms with van der Waals surface area (Å²) in [5, 5.41) is 0.775. The van der Waals surface area contributed by atoms with Gasteiger partial charge in [0.15, 0.2) is 0 Å². The molecule has 0 aliphatic carbocycles. The molecule has 0 N–H and O–H groups in total. The number of hydrogen-bond donors (Lipinski definition) is 0. The van der Waals surface area contributed by atoms with Crippen LogP contribution >= 0.6 is 11.6 Å². The van der Waals surface area contributed by atoms with Crippen LogP contribution in [0.5, 0.6) is 0 Å². The molecule has 1 saturated heterocycles. The first kappa shape index (κ1) is 23.3. The van der Waals surface area contributed by atoms with E-state index in [1.165, 1.54) is 11.1 Å². The minimum atomic E-state index is 0.0465. The van der Waals surface area contributed by atoms with Crippen LogP contribution in [0, 0.1) is 0 Å². The highest BCUT2D eigenvalue weighted by Crippen LogP contribution is 2.30. The topological polar surface area (TPSA) is 31.2 Å². The molecule has 5 heteroatoms. The van der Waals surface area contributed by atoms with Gasteiger partial charge in [-0.1, -0.05) is 50.2 Å². The predicted octanol–water partition coefficient (Wildman–Crippen LogP) is 5.33. The maximum Gasteiger partial charge on any atom is 0.0779 e. The molecule has 1 heterocycles. The molecule has 0 saturated carbocycles. The molecule has 1 aliphatic heterocycles. The number of aryl methyl sites for hydroxylation is 1. The van der Waals surface area contributed by atoms with E-state index in [2.05, 4.69) is 58.7 Å². The molecule has 156 valence electrons. The molecule has 0 bridgehead atoms. The van der Waals surface area contributed by atoms with Gasteiger partial charge >= 0.3 is 0 Å². The van der Waals surface area contributed by atoms with E-state index in [1.807, 2.05) is 25.1 Å². The van der Waals surface area contributed by atoms with Crippen molar-refractivity contribution in [1.82, 2.24) is 9.80 Å². The van der Waals surface area contributed by atoms with Gasteiger partial charge in [-0.2, -0.15) is 0 Å². The van der Waals surface area contributed by atoms with Gasteiger partial charge in [-0.25, -0.2) is 0 Å². The van der Waals surface area contributed by atoms with E-state index >= 15 is 0 Å². The SMILES string of the molecule is C=CN=C(C=C)C(c1ccc(Cl)cc1CCC)N1CCN(C/C(=C/C)N=C)CC1. The fraction of sp³-hybridized carbons (Fsp3) is 0.417. The number of nitrogens with zero attached hydrogens (tertiary/aromatic N) is 4. The molecule has 1 fully saturated rings. The van der Waals surface area contributed by atoms with Crippen LogP contribution in [0.2, 0.25) is 5.02 Å². The fourth-order valence-electron chi connectivity index (χ4n) is 3.85. The summed E-state index contributed by atoms with van der Waals surface area (Å²) in [6.07, 6.45) is 7.53. The number of aliphatic imine (C=N–C) groups is 2. The van der Waals surface area contributed by atoms with Crippen LogP contribution in [0.1, 0.15) is 37.4 Å². The summed E-state index contributed by atoms with van der Waals surface area (Å²) >= 11 is 6.31. The van der Waals surface area contributed by atoms with Crippen LogP contribution in [0.3, 0.4) is 0 Å². The first-order chi connectivity index (χ1) is 14.1. The van der Waals surface area contributed by atoms with Gasteiger partial charge in [0.2, 0.25) is 0 Å². The number of hydrogen-bond acceptors (Lipinski definition) is 4. The van der Waals surface area contributed by atoms with E-state index in [-0.39, 0.29) is 6.04 Å². The normalized spacial score (nSPS) is 17.8. The zero-order valence-corrected chi connectivity index (χ0v) is 18.5. The molecule has 1 aromatic carbocycles. The first-order valence-electron chi connectivity index (χ1n) is 10.3. The summed E-state index contributed by atoms with van der Waals surface area (Å²) in [6.45, 7) is 20.4. The van der Waals surface area contributed by atoms with Crippen molar-refractivity contribution in [3.8, 4) is 0 Å². The molecular formula is C24H33ClN4. The van der Waals surface area contributed by atoms with Crippen molar-refractivity contribution >= 4 is 24.0 Å². The molecule has 1 aromatic rings. The van der Waals surface area contributed by atoms with Crippen LogP contribution in [0.4, 0.5) is 0 Å². The van der Waals surface area contributed by atoms with Gasteiger partial charge in [0.05, 0.1) is 11.8 Å². The van der Waals surface area contributed by atoms with Gasteiger partial charge in [0.1, 0.15) is 0 Å². The second-order valence-electron chi connectivity index (χ2n) is 7.19. The third-order valence-electron chi connectivity index (χ3n) is 5.34. The van der Waals surface area contributed by atoms with Crippen LogP contribution < -0.4 is 0 Å². The third-order valence-corrected chi connectivity index (χ3v) is 5.58. The van der Waals surface area contributed by atoms with Crippen LogP contribution in [-0.2, 0) is 6.42 Å². The molecule has 0 aromatic heterocycles. The molecule has 0 spiro atoms. The Kier molecular flexibility index (Phi) is 9.52. The van der Waals surface area contributed by atoms with Crippen molar-refractivity contribution in [2.75, 3.05) is 32.7 Å². The molecule has 1 atom stereocenters. The number of allylic oxidation sites excluding steroid dienone is 1. The Morgan fingerprint density at radius 1 is 1.24 bits per heavy atom. The highest BCUT2D eigenvalue weighted by molar-refractivity contribution is 6.30. The lowest BCUT2D eigenvalue weighted by atomic mass is 9.92.